The summed E-state index contributed by atoms with van der Waals surface area (Å²) >= 11 is 0. The van der Waals surface area contributed by atoms with Crippen molar-refractivity contribution in [3.05, 3.63) is 66.2 Å². The molecule has 0 bridgehead atoms. The number of alkyl halides is 6. The second-order valence-electron chi connectivity index (χ2n) is 7.25. The van der Waals surface area contributed by atoms with E-state index in [9.17, 15) is 17.6 Å². The lowest BCUT2D eigenvalue weighted by Gasteiger charge is -2.49. The van der Waals surface area contributed by atoms with Gasteiger partial charge in [0.2, 0.25) is 5.67 Å². The van der Waals surface area contributed by atoms with Crippen LogP contribution < -0.4 is 10.5 Å². The summed E-state index contributed by atoms with van der Waals surface area (Å²) in [6, 6.07) is 10.3. The molecule has 0 fully saturated rings. The monoisotopic (exact) mass is 415 g/mol. The Balaban J connectivity index is 2.27. The van der Waals surface area contributed by atoms with Gasteiger partial charge in [-0.15, -0.1) is 0 Å². The number of hydrogen-bond acceptors (Lipinski definition) is 2. The summed E-state index contributed by atoms with van der Waals surface area (Å²) in [5.41, 5.74) is -3.02. The van der Waals surface area contributed by atoms with Gasteiger partial charge < -0.3 is 10.5 Å². The van der Waals surface area contributed by atoms with E-state index in [-0.39, 0.29) is 23.6 Å². The van der Waals surface area contributed by atoms with Gasteiger partial charge in [0.05, 0.1) is 5.69 Å². The molecule has 2 unspecified atom stereocenters. The molecule has 2 atom stereocenters. The predicted octanol–water partition coefficient (Wildman–Crippen LogP) is 6.43. The molecule has 0 amide bonds. The second-order valence-corrected chi connectivity index (χ2v) is 7.25. The van der Waals surface area contributed by atoms with Crippen LogP contribution in [0.5, 0.6) is 11.5 Å². The number of para-hydroxylation sites is 3. The first kappa shape index (κ1) is 21.1. The summed E-state index contributed by atoms with van der Waals surface area (Å²) in [6.45, 7) is 2.27. The zero-order valence-corrected chi connectivity index (χ0v) is 15.6. The Kier molecular flexibility index (Phi) is 4.88. The first-order chi connectivity index (χ1) is 13.4. The number of allylic oxidation sites excluding steroid dienone is 2. The minimum atomic E-state index is -5.39. The standard InChI is InChI=1S/C21H19F6NO/c1-13(2)18(22)11-12-19(23,24)21(26,27)20(18,25)14-7-3-5-9-16(14)29-17-10-6-4-8-15(17)28/h3-13H,28H2,1-2H3. The number of halogens is 6. The SMILES string of the molecule is CC(C)C1(F)C=CC(F)(F)C(F)(F)C1(F)c1ccccc1Oc1ccccc1N. The normalized spacial score (nSPS) is 27.8. The van der Waals surface area contributed by atoms with E-state index in [4.69, 9.17) is 10.5 Å². The van der Waals surface area contributed by atoms with Crippen LogP contribution in [0.3, 0.4) is 0 Å². The van der Waals surface area contributed by atoms with Gasteiger partial charge in [0.15, 0.2) is 5.67 Å². The van der Waals surface area contributed by atoms with Crippen LogP contribution in [0.4, 0.5) is 32.0 Å². The Morgan fingerprint density at radius 3 is 1.93 bits per heavy atom. The van der Waals surface area contributed by atoms with Crippen LogP contribution in [-0.4, -0.2) is 17.5 Å². The van der Waals surface area contributed by atoms with Gasteiger partial charge >= 0.3 is 11.8 Å². The summed E-state index contributed by atoms with van der Waals surface area (Å²) in [7, 11) is 0. The molecule has 2 aromatic rings. The molecule has 29 heavy (non-hydrogen) atoms. The summed E-state index contributed by atoms with van der Waals surface area (Å²) in [4.78, 5) is 0. The molecule has 2 N–H and O–H groups in total. The average molecular weight is 415 g/mol. The van der Waals surface area contributed by atoms with E-state index in [1.54, 1.807) is 6.07 Å². The smallest absolute Gasteiger partial charge is 0.354 e. The molecule has 0 aliphatic heterocycles. The van der Waals surface area contributed by atoms with E-state index >= 15 is 8.78 Å². The van der Waals surface area contributed by atoms with E-state index < -0.39 is 40.4 Å². The molecule has 0 radical (unpaired) electrons. The summed E-state index contributed by atoms with van der Waals surface area (Å²) in [5.74, 6) is -12.2. The highest BCUT2D eigenvalue weighted by Gasteiger charge is 2.80. The van der Waals surface area contributed by atoms with Gasteiger partial charge in [0.1, 0.15) is 11.5 Å². The number of ether oxygens (including phenoxy) is 1. The molecule has 0 saturated heterocycles. The van der Waals surface area contributed by atoms with Gasteiger partial charge in [-0.1, -0.05) is 44.2 Å². The zero-order chi connectivity index (χ0) is 21.7. The number of hydrogen-bond donors (Lipinski definition) is 1. The molecule has 2 nitrogen and oxygen atoms in total. The molecular weight excluding hydrogens is 396 g/mol. The molecule has 1 aliphatic carbocycles. The lowest BCUT2D eigenvalue weighted by molar-refractivity contribution is -0.297. The molecule has 1 aliphatic rings. The van der Waals surface area contributed by atoms with E-state index in [2.05, 4.69) is 0 Å². The lowest BCUT2D eigenvalue weighted by atomic mass is 9.65. The second kappa shape index (κ2) is 6.71. The quantitative estimate of drug-likeness (QED) is 0.355. The summed E-state index contributed by atoms with van der Waals surface area (Å²) in [5, 5.41) is 0. The van der Waals surface area contributed by atoms with Crippen molar-refractivity contribution in [2.45, 2.75) is 37.0 Å². The highest BCUT2D eigenvalue weighted by Crippen LogP contribution is 2.63. The first-order valence-corrected chi connectivity index (χ1v) is 8.84. The zero-order valence-electron chi connectivity index (χ0n) is 15.6. The fraction of sp³-hybridized carbons (Fsp3) is 0.333. The van der Waals surface area contributed by atoms with Gasteiger partial charge in [0.25, 0.3) is 0 Å². The van der Waals surface area contributed by atoms with Crippen LogP contribution in [0.1, 0.15) is 19.4 Å². The molecular formula is C21H19F6NO. The third-order valence-corrected chi connectivity index (χ3v) is 5.15. The van der Waals surface area contributed by atoms with Crippen molar-refractivity contribution in [2.75, 3.05) is 5.73 Å². The minimum Gasteiger partial charge on any atom is -0.455 e. The predicted molar refractivity (Wildman–Crippen MR) is 97.9 cm³/mol. The molecule has 8 heteroatoms. The molecule has 0 spiro atoms. The van der Waals surface area contributed by atoms with E-state index in [0.29, 0.717) is 0 Å². The number of nitrogen functional groups attached to an aromatic ring is 1. The van der Waals surface area contributed by atoms with Gasteiger partial charge in [-0.05, 0) is 36.3 Å². The highest BCUT2D eigenvalue weighted by molar-refractivity contribution is 5.55. The van der Waals surface area contributed by atoms with E-state index in [1.165, 1.54) is 24.3 Å². The highest BCUT2D eigenvalue weighted by atomic mass is 19.3. The van der Waals surface area contributed by atoms with Crippen molar-refractivity contribution in [1.29, 1.82) is 0 Å². The molecule has 0 saturated carbocycles. The number of benzene rings is 2. The van der Waals surface area contributed by atoms with Crippen molar-refractivity contribution >= 4 is 5.69 Å². The van der Waals surface area contributed by atoms with Crippen molar-refractivity contribution < 1.29 is 31.1 Å². The molecule has 2 aromatic carbocycles. The third-order valence-electron chi connectivity index (χ3n) is 5.15. The molecule has 0 aromatic heterocycles. The Morgan fingerprint density at radius 1 is 0.793 bits per heavy atom. The molecule has 3 rings (SSSR count). The van der Waals surface area contributed by atoms with Gasteiger partial charge in [0, 0.05) is 5.56 Å². The average Bonchev–Trinajstić information content (AvgIpc) is 2.66. The van der Waals surface area contributed by atoms with Crippen LogP contribution in [-0.2, 0) is 5.67 Å². The Bertz CT molecular complexity index is 944. The minimum absolute atomic E-state index is 0.0148. The van der Waals surface area contributed by atoms with Gasteiger partial charge in [-0.2, -0.15) is 17.6 Å². The summed E-state index contributed by atoms with van der Waals surface area (Å²) < 4.78 is 95.3. The topological polar surface area (TPSA) is 35.2 Å². The number of rotatable bonds is 4. The maximum atomic E-state index is 16.2. The fourth-order valence-corrected chi connectivity index (χ4v) is 3.41. The number of anilines is 1. The Morgan fingerprint density at radius 2 is 1.34 bits per heavy atom. The van der Waals surface area contributed by atoms with Crippen LogP contribution in [0.25, 0.3) is 0 Å². The van der Waals surface area contributed by atoms with Gasteiger partial charge in [-0.25, -0.2) is 8.78 Å². The van der Waals surface area contributed by atoms with Crippen molar-refractivity contribution in [2.24, 2.45) is 5.92 Å². The van der Waals surface area contributed by atoms with Crippen LogP contribution in [0.15, 0.2) is 60.7 Å². The first-order valence-electron chi connectivity index (χ1n) is 8.84. The van der Waals surface area contributed by atoms with Crippen molar-refractivity contribution in [3.8, 4) is 11.5 Å². The van der Waals surface area contributed by atoms with Crippen LogP contribution in [0.2, 0.25) is 0 Å². The Hall–Kier alpha value is -2.64. The van der Waals surface area contributed by atoms with Crippen LogP contribution in [0, 0.1) is 5.92 Å². The lowest BCUT2D eigenvalue weighted by Crippen LogP contribution is -2.66. The van der Waals surface area contributed by atoms with Gasteiger partial charge in [-0.3, -0.25) is 0 Å². The molecule has 0 heterocycles. The number of nitrogens with two attached hydrogens (primary N) is 1. The van der Waals surface area contributed by atoms with Crippen molar-refractivity contribution in [3.63, 3.8) is 0 Å². The summed E-state index contributed by atoms with van der Waals surface area (Å²) in [6.07, 6.45) is -0.0911. The van der Waals surface area contributed by atoms with Crippen molar-refractivity contribution in [1.82, 2.24) is 0 Å². The van der Waals surface area contributed by atoms with E-state index in [0.717, 1.165) is 32.0 Å². The fourth-order valence-electron chi connectivity index (χ4n) is 3.41. The maximum absolute atomic E-state index is 16.2. The molecule has 156 valence electrons. The Labute approximate surface area is 164 Å². The van der Waals surface area contributed by atoms with E-state index in [1.807, 2.05) is 0 Å². The van der Waals surface area contributed by atoms with Crippen LogP contribution >= 0.6 is 0 Å². The third kappa shape index (κ3) is 2.88. The largest absolute Gasteiger partial charge is 0.455 e. The maximum Gasteiger partial charge on any atom is 0.354 e.